The Morgan fingerprint density at radius 2 is 1.81 bits per heavy atom. The summed E-state index contributed by atoms with van der Waals surface area (Å²) in [6.07, 6.45) is 3.46. The van der Waals surface area contributed by atoms with Crippen LogP contribution >= 0.6 is 0 Å². The second-order valence-electron chi connectivity index (χ2n) is 11.5. The molecule has 0 radical (unpaired) electrons. The summed E-state index contributed by atoms with van der Waals surface area (Å²) in [7, 11) is 0. The van der Waals surface area contributed by atoms with Crippen molar-refractivity contribution in [3.05, 3.63) is 64.6 Å². The van der Waals surface area contributed by atoms with Crippen molar-refractivity contribution in [2.45, 2.75) is 67.3 Å². The van der Waals surface area contributed by atoms with Gasteiger partial charge in [-0.1, -0.05) is 39.8 Å². The Morgan fingerprint density at radius 3 is 2.47 bits per heavy atom. The summed E-state index contributed by atoms with van der Waals surface area (Å²) in [6, 6.07) is 8.57. The second-order valence-corrected chi connectivity index (χ2v) is 11.5. The molecule has 2 aromatic heterocycles. The number of hydrogen-bond acceptors (Lipinski definition) is 7. The van der Waals surface area contributed by atoms with E-state index in [9.17, 15) is 14.7 Å². The van der Waals surface area contributed by atoms with Gasteiger partial charge in [-0.3, -0.25) is 9.59 Å². The van der Waals surface area contributed by atoms with Gasteiger partial charge < -0.3 is 28.8 Å². The molecular formula is C34H46N4O5. The van der Waals surface area contributed by atoms with E-state index in [1.807, 2.05) is 61.7 Å². The fraction of sp³-hybridized carbons (Fsp3) is 0.500. The summed E-state index contributed by atoms with van der Waals surface area (Å²) in [4.78, 5) is 35.8. The molecule has 43 heavy (non-hydrogen) atoms. The van der Waals surface area contributed by atoms with Crippen LogP contribution in [0.1, 0.15) is 76.0 Å². The summed E-state index contributed by atoms with van der Waals surface area (Å²) in [5.41, 5.74) is 3.31. The number of carbonyl (C=O) groups is 2. The maximum absolute atomic E-state index is 13.7. The third-order valence-corrected chi connectivity index (χ3v) is 8.15. The Hall–Kier alpha value is -3.85. The van der Waals surface area contributed by atoms with Crippen molar-refractivity contribution >= 4 is 23.1 Å². The molecule has 0 spiro atoms. The van der Waals surface area contributed by atoms with Gasteiger partial charge in [-0.15, -0.1) is 0 Å². The van der Waals surface area contributed by atoms with Crippen LogP contribution in [-0.2, 0) is 9.59 Å². The number of nitrogens with zero attached hydrogens (tertiary/aromatic N) is 4. The lowest BCUT2D eigenvalue weighted by Gasteiger charge is -2.27. The van der Waals surface area contributed by atoms with Crippen molar-refractivity contribution in [1.29, 1.82) is 0 Å². The minimum atomic E-state index is -0.800. The lowest BCUT2D eigenvalue weighted by atomic mass is 9.96. The molecule has 1 N–H and O–H groups in total. The third-order valence-electron chi connectivity index (χ3n) is 8.15. The number of Topliss-reactive ketones (excluding diaryl/α,β-unsaturated/α-hetero) is 1. The van der Waals surface area contributed by atoms with Crippen LogP contribution in [0.2, 0.25) is 0 Å². The molecular weight excluding hydrogens is 544 g/mol. The molecule has 1 aromatic carbocycles. The smallest absolute Gasteiger partial charge is 0.295 e. The van der Waals surface area contributed by atoms with Gasteiger partial charge in [0, 0.05) is 12.7 Å². The fourth-order valence-corrected chi connectivity index (χ4v) is 5.62. The topological polar surface area (TPSA) is 96.6 Å². The maximum Gasteiger partial charge on any atom is 0.295 e. The first-order valence-corrected chi connectivity index (χ1v) is 15.5. The average molecular weight is 591 g/mol. The maximum atomic E-state index is 13.7. The van der Waals surface area contributed by atoms with E-state index in [0.717, 1.165) is 31.6 Å². The number of aliphatic hydroxyl groups excluding tert-OH is 1. The molecule has 1 unspecified atom stereocenters. The molecule has 1 atom stereocenters. The Kier molecular flexibility index (Phi) is 10.5. The van der Waals surface area contributed by atoms with E-state index in [-0.39, 0.29) is 11.3 Å². The van der Waals surface area contributed by atoms with Crippen molar-refractivity contribution in [3.8, 4) is 11.5 Å². The fourth-order valence-electron chi connectivity index (χ4n) is 5.62. The molecule has 9 nitrogen and oxygen atoms in total. The predicted molar refractivity (Wildman–Crippen MR) is 169 cm³/mol. The number of fused-ring (bicyclic) bond motifs is 1. The van der Waals surface area contributed by atoms with Crippen LogP contribution in [0.25, 0.3) is 11.4 Å². The second kappa shape index (κ2) is 14.1. The van der Waals surface area contributed by atoms with Crippen LogP contribution in [0.4, 0.5) is 0 Å². The summed E-state index contributed by atoms with van der Waals surface area (Å²) in [5.74, 6) is 0.0317. The van der Waals surface area contributed by atoms with Crippen molar-refractivity contribution in [3.63, 3.8) is 0 Å². The number of rotatable bonds is 14. The summed E-state index contributed by atoms with van der Waals surface area (Å²) < 4.78 is 13.9. The zero-order chi connectivity index (χ0) is 31.3. The van der Waals surface area contributed by atoms with E-state index in [0.29, 0.717) is 66.2 Å². The summed E-state index contributed by atoms with van der Waals surface area (Å²) in [6.45, 7) is 18.1. The molecule has 0 saturated carbocycles. The summed E-state index contributed by atoms with van der Waals surface area (Å²) >= 11 is 0. The number of amides is 1. The van der Waals surface area contributed by atoms with Crippen molar-refractivity contribution < 1.29 is 24.2 Å². The molecule has 0 bridgehead atoms. The molecule has 1 aliphatic heterocycles. The van der Waals surface area contributed by atoms with Crippen LogP contribution < -0.4 is 9.47 Å². The molecule has 3 aromatic rings. The first-order valence-electron chi connectivity index (χ1n) is 15.5. The van der Waals surface area contributed by atoms with Crippen molar-refractivity contribution in [2.24, 2.45) is 5.92 Å². The number of aliphatic hydroxyl groups is 1. The minimum absolute atomic E-state index is 0.0351. The Morgan fingerprint density at radius 1 is 1.07 bits per heavy atom. The average Bonchev–Trinajstić information content (AvgIpc) is 3.45. The van der Waals surface area contributed by atoms with Gasteiger partial charge in [0.2, 0.25) is 0 Å². The zero-order valence-electron chi connectivity index (χ0n) is 26.6. The lowest BCUT2D eigenvalue weighted by molar-refractivity contribution is -0.140. The number of pyridine rings is 1. The largest absolute Gasteiger partial charge is 0.505 e. The van der Waals surface area contributed by atoms with Gasteiger partial charge in [-0.05, 0) is 88.5 Å². The van der Waals surface area contributed by atoms with Gasteiger partial charge in [-0.25, -0.2) is 4.98 Å². The number of benzene rings is 1. The van der Waals surface area contributed by atoms with E-state index >= 15 is 0 Å². The number of hydrogen-bond donors (Lipinski definition) is 1. The molecule has 3 heterocycles. The van der Waals surface area contributed by atoms with Crippen LogP contribution in [0.3, 0.4) is 0 Å². The van der Waals surface area contributed by atoms with E-state index in [1.54, 1.807) is 4.90 Å². The number of ketones is 1. The highest BCUT2D eigenvalue weighted by Crippen LogP contribution is 2.42. The molecule has 0 aliphatic carbocycles. The number of carbonyl (C=O) groups excluding carboxylic acids is 2. The molecule has 4 rings (SSSR count). The Labute approximate surface area is 255 Å². The molecule has 232 valence electrons. The van der Waals surface area contributed by atoms with Crippen molar-refractivity contribution in [2.75, 3.05) is 39.4 Å². The van der Waals surface area contributed by atoms with Gasteiger partial charge in [0.25, 0.3) is 11.7 Å². The first-order chi connectivity index (χ1) is 20.6. The first kappa shape index (κ1) is 32.1. The van der Waals surface area contributed by atoms with Gasteiger partial charge in [0.15, 0.2) is 17.3 Å². The third kappa shape index (κ3) is 6.72. The normalized spacial score (nSPS) is 16.7. The quantitative estimate of drug-likeness (QED) is 0.141. The number of imidazole rings is 1. The van der Waals surface area contributed by atoms with E-state index in [1.165, 1.54) is 0 Å². The zero-order valence-corrected chi connectivity index (χ0v) is 26.6. The molecule has 1 saturated heterocycles. The molecule has 1 aliphatic rings. The number of ether oxygens (including phenoxy) is 2. The molecule has 1 fully saturated rings. The highest BCUT2D eigenvalue weighted by molar-refractivity contribution is 6.46. The van der Waals surface area contributed by atoms with Crippen LogP contribution in [0.15, 0.2) is 42.1 Å². The van der Waals surface area contributed by atoms with Gasteiger partial charge >= 0.3 is 0 Å². The summed E-state index contributed by atoms with van der Waals surface area (Å²) in [5, 5.41) is 11.8. The van der Waals surface area contributed by atoms with Crippen LogP contribution in [0, 0.1) is 19.8 Å². The standard InChI is InChI=1S/C34H46N4O5/c1-8-36(9-2)17-12-19-38-30(25-14-15-26(27(21-25)42-10-3)43-20-16-22(4)5)28(32(40)34(38)41)31(39)29-24(7)37-18-11-13-23(6)33(37)35-29/h11,13-15,18,21-22,30,39H,8-10,12,16-17,19-20H2,1-7H3/b31-28+. The van der Waals surface area contributed by atoms with E-state index in [4.69, 9.17) is 14.5 Å². The highest BCUT2D eigenvalue weighted by Gasteiger charge is 2.46. The lowest BCUT2D eigenvalue weighted by Crippen LogP contribution is -2.33. The Bertz CT molecular complexity index is 1490. The monoisotopic (exact) mass is 590 g/mol. The van der Waals surface area contributed by atoms with E-state index < -0.39 is 17.7 Å². The SMILES string of the molecule is CCOc1cc(C2/C(=C(\O)c3nc4c(C)cccn4c3C)C(=O)C(=O)N2CCCN(CC)CC)ccc1OCCC(C)C. The van der Waals surface area contributed by atoms with E-state index in [2.05, 4.69) is 32.6 Å². The van der Waals surface area contributed by atoms with Gasteiger partial charge in [0.1, 0.15) is 11.3 Å². The van der Waals surface area contributed by atoms with Gasteiger partial charge in [-0.2, -0.15) is 0 Å². The molecule has 9 heteroatoms. The number of aromatic nitrogens is 2. The van der Waals surface area contributed by atoms with Crippen LogP contribution in [-0.4, -0.2) is 75.4 Å². The Balaban J connectivity index is 1.82. The predicted octanol–water partition coefficient (Wildman–Crippen LogP) is 5.93. The number of aryl methyl sites for hydroxylation is 2. The van der Waals surface area contributed by atoms with Crippen molar-refractivity contribution in [1.82, 2.24) is 19.2 Å². The number of likely N-dealkylation sites (tertiary alicyclic amines) is 1. The van der Waals surface area contributed by atoms with Crippen LogP contribution in [0.5, 0.6) is 11.5 Å². The van der Waals surface area contributed by atoms with Gasteiger partial charge in [0.05, 0.1) is 30.5 Å². The molecule has 1 amide bonds. The highest BCUT2D eigenvalue weighted by atomic mass is 16.5. The minimum Gasteiger partial charge on any atom is -0.505 e.